The second-order valence-corrected chi connectivity index (χ2v) is 6.56. The average molecular weight is 348 g/mol. The van der Waals surface area contributed by atoms with Gasteiger partial charge in [0.15, 0.2) is 5.75 Å². The molecule has 1 heterocycles. The summed E-state index contributed by atoms with van der Waals surface area (Å²) >= 11 is 1.57. The Morgan fingerprint density at radius 2 is 2.12 bits per heavy atom. The fourth-order valence-corrected chi connectivity index (χ4v) is 3.29. The van der Waals surface area contributed by atoms with E-state index in [4.69, 9.17) is 4.74 Å². The Balaban J connectivity index is 2.25. The molecule has 0 radical (unpaired) electrons. The van der Waals surface area contributed by atoms with Crippen molar-refractivity contribution in [1.29, 1.82) is 0 Å². The summed E-state index contributed by atoms with van der Waals surface area (Å²) in [5.41, 5.74) is 0.0362. The molecule has 7 heteroatoms. The first kappa shape index (κ1) is 17.9. The highest BCUT2D eigenvalue weighted by molar-refractivity contribution is 7.10. The third kappa shape index (κ3) is 4.11. The van der Waals surface area contributed by atoms with Crippen molar-refractivity contribution in [2.75, 3.05) is 6.61 Å². The van der Waals surface area contributed by atoms with E-state index in [1.807, 2.05) is 31.4 Å². The average Bonchev–Trinajstić information content (AvgIpc) is 3.06. The minimum Gasteiger partial charge on any atom is -0.487 e. The first-order valence-electron chi connectivity index (χ1n) is 7.69. The second kappa shape index (κ2) is 7.92. The van der Waals surface area contributed by atoms with E-state index in [-0.39, 0.29) is 34.9 Å². The van der Waals surface area contributed by atoms with Crippen molar-refractivity contribution in [3.63, 3.8) is 0 Å². The summed E-state index contributed by atoms with van der Waals surface area (Å²) in [5, 5.41) is 16.1. The van der Waals surface area contributed by atoms with Gasteiger partial charge < -0.3 is 10.1 Å². The molecule has 0 unspecified atom stereocenters. The Morgan fingerprint density at radius 1 is 1.38 bits per heavy atom. The minimum absolute atomic E-state index is 0.136. The van der Waals surface area contributed by atoms with E-state index in [1.54, 1.807) is 24.3 Å². The molecule has 0 bridgehead atoms. The normalized spacial score (nSPS) is 12.0. The van der Waals surface area contributed by atoms with Crippen LogP contribution in [0.1, 0.15) is 42.0 Å². The highest BCUT2D eigenvalue weighted by atomic mass is 32.1. The lowest BCUT2D eigenvalue weighted by molar-refractivity contribution is -0.385. The molecule has 0 saturated heterocycles. The molecule has 6 nitrogen and oxygen atoms in total. The SMILES string of the molecule is CCOc1ccc(C(=O)N[C@H](c2cccs2)C(C)C)cc1[N+](=O)[O-]. The number of rotatable bonds is 7. The number of thiophene rings is 1. The molecule has 2 rings (SSSR count). The number of carbonyl (C=O) groups is 1. The van der Waals surface area contributed by atoms with Gasteiger partial charge in [0.05, 0.1) is 17.6 Å². The molecule has 0 fully saturated rings. The topological polar surface area (TPSA) is 81.5 Å². The number of ether oxygens (including phenoxy) is 1. The fraction of sp³-hybridized carbons (Fsp3) is 0.353. The molecule has 1 amide bonds. The van der Waals surface area contributed by atoms with Crippen LogP contribution in [0.2, 0.25) is 0 Å². The van der Waals surface area contributed by atoms with Crippen LogP contribution < -0.4 is 10.1 Å². The summed E-state index contributed by atoms with van der Waals surface area (Å²) in [5.74, 6) is 0.0243. The maximum absolute atomic E-state index is 12.5. The van der Waals surface area contributed by atoms with Gasteiger partial charge in [0.25, 0.3) is 5.91 Å². The molecule has 0 aliphatic heterocycles. The monoisotopic (exact) mass is 348 g/mol. The van der Waals surface area contributed by atoms with Gasteiger partial charge >= 0.3 is 5.69 Å². The number of hydrogen-bond donors (Lipinski definition) is 1. The van der Waals surface area contributed by atoms with Gasteiger partial charge in [0.1, 0.15) is 0 Å². The van der Waals surface area contributed by atoms with Crippen molar-refractivity contribution in [3.05, 3.63) is 56.3 Å². The Hall–Kier alpha value is -2.41. The van der Waals surface area contributed by atoms with Crippen molar-refractivity contribution < 1.29 is 14.5 Å². The van der Waals surface area contributed by atoms with Gasteiger partial charge in [-0.15, -0.1) is 11.3 Å². The van der Waals surface area contributed by atoms with E-state index in [0.29, 0.717) is 6.61 Å². The largest absolute Gasteiger partial charge is 0.487 e. The Kier molecular flexibility index (Phi) is 5.92. The standard InChI is InChI=1S/C17H20N2O4S/c1-4-23-14-8-7-12(10-13(14)19(21)22)17(20)18-16(11(2)3)15-6-5-9-24-15/h5-11,16H,4H2,1-3H3,(H,18,20)/t16-/m0/s1. The van der Waals surface area contributed by atoms with Gasteiger partial charge in [0, 0.05) is 16.5 Å². The van der Waals surface area contributed by atoms with Crippen LogP contribution in [-0.4, -0.2) is 17.4 Å². The molecule has 2 aromatic rings. The molecule has 128 valence electrons. The maximum Gasteiger partial charge on any atom is 0.311 e. The predicted octanol–water partition coefficient (Wildman–Crippen LogP) is 4.18. The van der Waals surface area contributed by atoms with Gasteiger partial charge in [-0.2, -0.15) is 0 Å². The van der Waals surface area contributed by atoms with Gasteiger partial charge in [-0.25, -0.2) is 0 Å². The van der Waals surface area contributed by atoms with Crippen LogP contribution in [0.4, 0.5) is 5.69 Å². The number of nitro benzene ring substituents is 1. The first-order chi connectivity index (χ1) is 11.4. The molecule has 1 aromatic heterocycles. The molecule has 0 spiro atoms. The van der Waals surface area contributed by atoms with Crippen molar-refractivity contribution in [1.82, 2.24) is 5.32 Å². The van der Waals surface area contributed by atoms with E-state index in [2.05, 4.69) is 5.32 Å². The Bertz CT molecular complexity index is 713. The molecule has 0 aliphatic carbocycles. The lowest BCUT2D eigenvalue weighted by atomic mass is 10.0. The second-order valence-electron chi connectivity index (χ2n) is 5.58. The molecule has 1 atom stereocenters. The highest BCUT2D eigenvalue weighted by Gasteiger charge is 2.23. The number of amides is 1. The van der Waals surface area contributed by atoms with Crippen molar-refractivity contribution in [2.45, 2.75) is 26.8 Å². The van der Waals surface area contributed by atoms with Crippen LogP contribution in [0.5, 0.6) is 5.75 Å². The van der Waals surface area contributed by atoms with E-state index >= 15 is 0 Å². The number of carbonyl (C=O) groups excluding carboxylic acids is 1. The van der Waals surface area contributed by atoms with Gasteiger partial charge in [0.2, 0.25) is 0 Å². The van der Waals surface area contributed by atoms with Crippen molar-refractivity contribution in [2.24, 2.45) is 5.92 Å². The van der Waals surface area contributed by atoms with Crippen LogP contribution in [0.15, 0.2) is 35.7 Å². The summed E-state index contributed by atoms with van der Waals surface area (Å²) in [6.07, 6.45) is 0. The summed E-state index contributed by atoms with van der Waals surface area (Å²) < 4.78 is 5.24. The molecule has 0 aliphatic rings. The van der Waals surface area contributed by atoms with Crippen molar-refractivity contribution >= 4 is 22.9 Å². The summed E-state index contributed by atoms with van der Waals surface area (Å²) in [7, 11) is 0. The summed E-state index contributed by atoms with van der Waals surface area (Å²) in [4.78, 5) is 24.2. The van der Waals surface area contributed by atoms with Crippen LogP contribution >= 0.6 is 11.3 Å². The molecule has 1 N–H and O–H groups in total. The van der Waals surface area contributed by atoms with Gasteiger partial charge in [-0.05, 0) is 36.4 Å². The third-order valence-corrected chi connectivity index (χ3v) is 4.48. The first-order valence-corrected chi connectivity index (χ1v) is 8.57. The van der Waals surface area contributed by atoms with E-state index in [1.165, 1.54) is 12.1 Å². The van der Waals surface area contributed by atoms with Crippen LogP contribution in [-0.2, 0) is 0 Å². The van der Waals surface area contributed by atoms with Crippen LogP contribution in [0, 0.1) is 16.0 Å². The smallest absolute Gasteiger partial charge is 0.311 e. The lowest BCUT2D eigenvalue weighted by Gasteiger charge is -2.21. The van der Waals surface area contributed by atoms with Gasteiger partial charge in [-0.3, -0.25) is 14.9 Å². The number of hydrogen-bond acceptors (Lipinski definition) is 5. The number of nitro groups is 1. The van der Waals surface area contributed by atoms with E-state index in [9.17, 15) is 14.9 Å². The zero-order valence-electron chi connectivity index (χ0n) is 13.8. The Morgan fingerprint density at radius 3 is 2.67 bits per heavy atom. The Labute approximate surface area is 144 Å². The molecule has 24 heavy (non-hydrogen) atoms. The minimum atomic E-state index is -0.541. The number of nitrogens with one attached hydrogen (secondary N) is 1. The zero-order valence-corrected chi connectivity index (χ0v) is 14.6. The van der Waals surface area contributed by atoms with Crippen molar-refractivity contribution in [3.8, 4) is 5.75 Å². The maximum atomic E-state index is 12.5. The lowest BCUT2D eigenvalue weighted by Crippen LogP contribution is -2.31. The molecular weight excluding hydrogens is 328 g/mol. The molecule has 1 aromatic carbocycles. The quantitative estimate of drug-likeness (QED) is 0.601. The zero-order chi connectivity index (χ0) is 17.7. The van der Waals surface area contributed by atoms with Gasteiger partial charge in [-0.1, -0.05) is 19.9 Å². The van der Waals surface area contributed by atoms with E-state index in [0.717, 1.165) is 4.88 Å². The fourth-order valence-electron chi connectivity index (χ4n) is 2.34. The van der Waals surface area contributed by atoms with E-state index < -0.39 is 4.92 Å². The summed E-state index contributed by atoms with van der Waals surface area (Å²) in [6.45, 7) is 6.11. The highest BCUT2D eigenvalue weighted by Crippen LogP contribution is 2.29. The van der Waals surface area contributed by atoms with Crippen LogP contribution in [0.25, 0.3) is 0 Å². The third-order valence-electron chi connectivity index (χ3n) is 3.52. The number of nitrogens with zero attached hydrogens (tertiary/aromatic N) is 1. The van der Waals surface area contributed by atoms with Crippen LogP contribution in [0.3, 0.4) is 0 Å². The number of benzene rings is 1. The molecular formula is C17H20N2O4S. The summed E-state index contributed by atoms with van der Waals surface area (Å²) in [6, 6.07) is 8.03. The molecule has 0 saturated carbocycles. The predicted molar refractivity (Wildman–Crippen MR) is 93.6 cm³/mol.